The van der Waals surface area contributed by atoms with Crippen molar-refractivity contribution in [2.45, 2.75) is 58.9 Å². The summed E-state index contributed by atoms with van der Waals surface area (Å²) in [6, 6.07) is 4.50. The highest BCUT2D eigenvalue weighted by Crippen LogP contribution is 2.19. The molecule has 0 heterocycles. The molecule has 2 nitrogen and oxygen atoms in total. The minimum absolute atomic E-state index is 0.0995. The molecule has 0 aliphatic heterocycles. The van der Waals surface area contributed by atoms with Crippen molar-refractivity contribution in [3.8, 4) is 0 Å². The van der Waals surface area contributed by atoms with E-state index in [9.17, 15) is 4.79 Å². The van der Waals surface area contributed by atoms with Gasteiger partial charge in [-0.25, -0.2) is 0 Å². The Bertz CT molecular complexity index is 445. The summed E-state index contributed by atoms with van der Waals surface area (Å²) in [7, 11) is 0. The lowest BCUT2D eigenvalue weighted by Gasteiger charge is -2.23. The molecule has 0 radical (unpaired) electrons. The predicted molar refractivity (Wildman–Crippen MR) is 75.0 cm³/mol. The third-order valence-corrected chi connectivity index (χ3v) is 4.03. The fourth-order valence-electron chi connectivity index (χ4n) is 2.72. The van der Waals surface area contributed by atoms with E-state index in [0.29, 0.717) is 6.04 Å². The Balaban J connectivity index is 2.10. The second-order valence-corrected chi connectivity index (χ2v) is 5.56. The molecular weight excluding hydrogens is 222 g/mol. The molecule has 1 amide bonds. The largest absolute Gasteiger partial charge is 0.349 e. The van der Waals surface area contributed by atoms with Gasteiger partial charge in [0.25, 0.3) is 5.91 Å². The highest BCUT2D eigenvalue weighted by atomic mass is 16.1. The highest BCUT2D eigenvalue weighted by molar-refractivity contribution is 5.96. The first-order valence-electron chi connectivity index (χ1n) is 6.96. The molecule has 2 rings (SSSR count). The van der Waals surface area contributed by atoms with Crippen LogP contribution in [0.3, 0.4) is 0 Å². The molecule has 0 spiro atoms. The normalized spacial score (nSPS) is 16.6. The average molecular weight is 245 g/mol. The summed E-state index contributed by atoms with van der Waals surface area (Å²) in [5.74, 6) is 0.0995. The number of aryl methyl sites for hydroxylation is 3. The second-order valence-electron chi connectivity index (χ2n) is 5.56. The molecule has 0 aromatic heterocycles. The maximum Gasteiger partial charge on any atom is 0.251 e. The van der Waals surface area contributed by atoms with Crippen molar-refractivity contribution < 1.29 is 4.79 Å². The fraction of sp³-hybridized carbons (Fsp3) is 0.562. The van der Waals surface area contributed by atoms with E-state index in [-0.39, 0.29) is 5.91 Å². The molecule has 2 heteroatoms. The molecule has 0 saturated heterocycles. The van der Waals surface area contributed by atoms with Gasteiger partial charge in [-0.3, -0.25) is 4.79 Å². The smallest absolute Gasteiger partial charge is 0.251 e. The Morgan fingerprint density at radius 1 is 1.00 bits per heavy atom. The van der Waals surface area contributed by atoms with Gasteiger partial charge in [0.2, 0.25) is 0 Å². The van der Waals surface area contributed by atoms with Crippen LogP contribution in [0.2, 0.25) is 0 Å². The van der Waals surface area contributed by atoms with Gasteiger partial charge >= 0.3 is 0 Å². The van der Waals surface area contributed by atoms with Crippen LogP contribution in [0.1, 0.15) is 59.2 Å². The lowest BCUT2D eigenvalue weighted by atomic mass is 9.94. The minimum Gasteiger partial charge on any atom is -0.349 e. The third kappa shape index (κ3) is 2.92. The molecule has 1 aliphatic rings. The molecule has 0 unspecified atom stereocenters. The fourth-order valence-corrected chi connectivity index (χ4v) is 2.72. The van der Waals surface area contributed by atoms with Crippen LogP contribution in [0.25, 0.3) is 0 Å². The third-order valence-electron chi connectivity index (χ3n) is 4.03. The number of carbonyl (C=O) groups is 1. The average Bonchev–Trinajstić information content (AvgIpc) is 2.35. The van der Waals surface area contributed by atoms with Crippen LogP contribution in [0.15, 0.2) is 12.1 Å². The van der Waals surface area contributed by atoms with Gasteiger partial charge in [0.1, 0.15) is 0 Å². The summed E-state index contributed by atoms with van der Waals surface area (Å²) < 4.78 is 0. The zero-order chi connectivity index (χ0) is 13.1. The molecule has 1 saturated carbocycles. The molecule has 0 atom stereocenters. The quantitative estimate of drug-likeness (QED) is 0.846. The van der Waals surface area contributed by atoms with Crippen LogP contribution in [0.4, 0.5) is 0 Å². The first-order valence-corrected chi connectivity index (χ1v) is 6.96. The van der Waals surface area contributed by atoms with Gasteiger partial charge in [0, 0.05) is 11.6 Å². The Labute approximate surface area is 110 Å². The Morgan fingerprint density at radius 2 is 1.61 bits per heavy atom. The first kappa shape index (κ1) is 13.1. The number of carbonyl (C=O) groups excluding carboxylic acids is 1. The molecule has 98 valence electrons. The molecule has 1 N–H and O–H groups in total. The number of benzene rings is 1. The van der Waals surface area contributed by atoms with Crippen LogP contribution >= 0.6 is 0 Å². The predicted octanol–water partition coefficient (Wildman–Crippen LogP) is 3.67. The van der Waals surface area contributed by atoms with E-state index in [1.165, 1.54) is 30.4 Å². The summed E-state index contributed by atoms with van der Waals surface area (Å²) in [5, 5.41) is 3.18. The highest BCUT2D eigenvalue weighted by Gasteiger charge is 2.18. The standard InChI is InChI=1S/C16H23NO/c1-11-9-13(3)15(10-12(11)2)16(18)17-14-7-5-4-6-8-14/h9-10,14H,4-8H2,1-3H3,(H,17,18). The monoisotopic (exact) mass is 245 g/mol. The van der Waals surface area contributed by atoms with Crippen LogP contribution < -0.4 is 5.32 Å². The summed E-state index contributed by atoms with van der Waals surface area (Å²) in [5.41, 5.74) is 4.35. The minimum atomic E-state index is 0.0995. The molecular formula is C16H23NO. The van der Waals surface area contributed by atoms with E-state index in [1.807, 2.05) is 13.0 Å². The summed E-state index contributed by atoms with van der Waals surface area (Å²) >= 11 is 0. The van der Waals surface area contributed by atoms with Gasteiger partial charge in [-0.15, -0.1) is 0 Å². The first-order chi connectivity index (χ1) is 8.58. The van der Waals surface area contributed by atoms with Gasteiger partial charge in [-0.05, 0) is 56.4 Å². The van der Waals surface area contributed by atoms with Gasteiger partial charge in [0.15, 0.2) is 0 Å². The van der Waals surface area contributed by atoms with Gasteiger partial charge in [-0.1, -0.05) is 25.3 Å². The molecule has 0 bridgehead atoms. The van der Waals surface area contributed by atoms with Crippen molar-refractivity contribution in [1.82, 2.24) is 5.32 Å². The number of hydrogen-bond donors (Lipinski definition) is 1. The van der Waals surface area contributed by atoms with Gasteiger partial charge < -0.3 is 5.32 Å². The van der Waals surface area contributed by atoms with E-state index < -0.39 is 0 Å². The van der Waals surface area contributed by atoms with Crippen LogP contribution in [-0.2, 0) is 0 Å². The maximum absolute atomic E-state index is 12.3. The topological polar surface area (TPSA) is 29.1 Å². The van der Waals surface area contributed by atoms with Crippen molar-refractivity contribution in [2.24, 2.45) is 0 Å². The summed E-state index contributed by atoms with van der Waals surface area (Å²) in [6.07, 6.45) is 6.08. The molecule has 1 aromatic carbocycles. The van der Waals surface area contributed by atoms with E-state index in [0.717, 1.165) is 24.0 Å². The number of amides is 1. The van der Waals surface area contributed by atoms with E-state index in [2.05, 4.69) is 25.2 Å². The van der Waals surface area contributed by atoms with E-state index in [1.54, 1.807) is 0 Å². The molecule has 1 fully saturated rings. The summed E-state index contributed by atoms with van der Waals surface area (Å²) in [4.78, 5) is 12.3. The van der Waals surface area contributed by atoms with Gasteiger partial charge in [-0.2, -0.15) is 0 Å². The van der Waals surface area contributed by atoms with Gasteiger partial charge in [0.05, 0.1) is 0 Å². The second kappa shape index (κ2) is 5.55. The van der Waals surface area contributed by atoms with Crippen molar-refractivity contribution in [3.63, 3.8) is 0 Å². The lowest BCUT2D eigenvalue weighted by Crippen LogP contribution is -2.36. The zero-order valence-corrected chi connectivity index (χ0v) is 11.7. The number of hydrogen-bond acceptors (Lipinski definition) is 1. The Hall–Kier alpha value is -1.31. The van der Waals surface area contributed by atoms with Crippen LogP contribution in [-0.4, -0.2) is 11.9 Å². The molecule has 1 aromatic rings. The van der Waals surface area contributed by atoms with Crippen LogP contribution in [0.5, 0.6) is 0 Å². The maximum atomic E-state index is 12.3. The number of nitrogens with one attached hydrogen (secondary N) is 1. The van der Waals surface area contributed by atoms with Crippen molar-refractivity contribution in [3.05, 3.63) is 34.4 Å². The molecule has 18 heavy (non-hydrogen) atoms. The van der Waals surface area contributed by atoms with E-state index in [4.69, 9.17) is 0 Å². The Morgan fingerprint density at radius 3 is 2.28 bits per heavy atom. The van der Waals surface area contributed by atoms with E-state index >= 15 is 0 Å². The van der Waals surface area contributed by atoms with Crippen LogP contribution in [0, 0.1) is 20.8 Å². The zero-order valence-electron chi connectivity index (χ0n) is 11.7. The Kier molecular flexibility index (Phi) is 4.05. The summed E-state index contributed by atoms with van der Waals surface area (Å²) in [6.45, 7) is 6.17. The lowest BCUT2D eigenvalue weighted by molar-refractivity contribution is 0.0927. The van der Waals surface area contributed by atoms with Crippen molar-refractivity contribution in [2.75, 3.05) is 0 Å². The molecule has 1 aliphatic carbocycles. The van der Waals surface area contributed by atoms with Crippen molar-refractivity contribution >= 4 is 5.91 Å². The van der Waals surface area contributed by atoms with Crippen molar-refractivity contribution in [1.29, 1.82) is 0 Å². The SMILES string of the molecule is Cc1cc(C)c(C(=O)NC2CCCCC2)cc1C. The number of rotatable bonds is 2.